The van der Waals surface area contributed by atoms with Crippen LogP contribution in [0.1, 0.15) is 52.1 Å². The summed E-state index contributed by atoms with van der Waals surface area (Å²) in [6.07, 6.45) is 2.36. The molecule has 0 fully saturated rings. The molecule has 1 aromatic rings. The van der Waals surface area contributed by atoms with Gasteiger partial charge in [0.15, 0.2) is 0 Å². The van der Waals surface area contributed by atoms with Gasteiger partial charge in [0.25, 0.3) is 0 Å². The summed E-state index contributed by atoms with van der Waals surface area (Å²) < 4.78 is 5.44. The minimum atomic E-state index is 0.399. The lowest BCUT2D eigenvalue weighted by Crippen LogP contribution is -2.30. The third-order valence-electron chi connectivity index (χ3n) is 3.16. The number of rotatable bonds is 7. The molecule has 96 valence electrons. The normalized spacial score (nSPS) is 12.8. The first-order chi connectivity index (χ1) is 8.21. The van der Waals surface area contributed by atoms with Gasteiger partial charge in [0.1, 0.15) is 5.75 Å². The van der Waals surface area contributed by atoms with Crippen LogP contribution in [0, 0.1) is 0 Å². The fourth-order valence-corrected chi connectivity index (χ4v) is 1.99. The second kappa shape index (κ2) is 7.33. The highest BCUT2D eigenvalue weighted by atomic mass is 16.5. The first-order valence-corrected chi connectivity index (χ1v) is 6.70. The predicted molar refractivity (Wildman–Crippen MR) is 73.5 cm³/mol. The van der Waals surface area contributed by atoms with Gasteiger partial charge in [0.2, 0.25) is 0 Å². The Kier molecular flexibility index (Phi) is 6.06. The average molecular weight is 235 g/mol. The van der Waals surface area contributed by atoms with Gasteiger partial charge in [-0.3, -0.25) is 0 Å². The Bertz CT molecular complexity index is 303. The quantitative estimate of drug-likeness (QED) is 0.773. The first kappa shape index (κ1) is 14.0. The van der Waals surface area contributed by atoms with Crippen LogP contribution in [0.4, 0.5) is 0 Å². The van der Waals surface area contributed by atoms with E-state index in [0.717, 1.165) is 12.4 Å². The molecule has 0 saturated heterocycles. The van der Waals surface area contributed by atoms with E-state index in [1.54, 1.807) is 0 Å². The van der Waals surface area contributed by atoms with Gasteiger partial charge in [-0.05, 0) is 44.4 Å². The van der Waals surface area contributed by atoms with Crippen LogP contribution in [-0.4, -0.2) is 12.6 Å². The maximum Gasteiger partial charge on any atom is 0.119 e. The Morgan fingerprint density at radius 2 is 1.65 bits per heavy atom. The molecule has 0 amide bonds. The molecule has 2 heteroatoms. The van der Waals surface area contributed by atoms with Crippen molar-refractivity contribution in [2.24, 2.45) is 0 Å². The summed E-state index contributed by atoms with van der Waals surface area (Å²) in [5.74, 6) is 0.950. The van der Waals surface area contributed by atoms with Crippen LogP contribution in [0.25, 0.3) is 0 Å². The third kappa shape index (κ3) is 4.39. The number of benzene rings is 1. The molecule has 1 rings (SSSR count). The van der Waals surface area contributed by atoms with Gasteiger partial charge in [-0.25, -0.2) is 0 Å². The van der Waals surface area contributed by atoms with E-state index in [1.807, 2.05) is 19.1 Å². The molecule has 0 bridgehead atoms. The zero-order valence-electron chi connectivity index (χ0n) is 11.5. The highest BCUT2D eigenvalue weighted by Crippen LogP contribution is 2.18. The van der Waals surface area contributed by atoms with Crippen molar-refractivity contribution in [3.8, 4) is 5.75 Å². The van der Waals surface area contributed by atoms with Crippen molar-refractivity contribution in [1.82, 2.24) is 5.32 Å². The summed E-state index contributed by atoms with van der Waals surface area (Å²) in [6, 6.07) is 9.39. The minimum Gasteiger partial charge on any atom is -0.494 e. The van der Waals surface area contributed by atoms with Crippen LogP contribution in [0.2, 0.25) is 0 Å². The van der Waals surface area contributed by atoms with E-state index in [4.69, 9.17) is 4.74 Å². The largest absolute Gasteiger partial charge is 0.494 e. The minimum absolute atomic E-state index is 0.399. The van der Waals surface area contributed by atoms with Gasteiger partial charge < -0.3 is 10.1 Å². The first-order valence-electron chi connectivity index (χ1n) is 6.70. The lowest BCUT2D eigenvalue weighted by Gasteiger charge is -2.21. The van der Waals surface area contributed by atoms with Crippen molar-refractivity contribution < 1.29 is 4.74 Å². The van der Waals surface area contributed by atoms with E-state index in [9.17, 15) is 0 Å². The van der Waals surface area contributed by atoms with Crippen molar-refractivity contribution >= 4 is 0 Å². The van der Waals surface area contributed by atoms with Gasteiger partial charge in [0, 0.05) is 12.1 Å². The van der Waals surface area contributed by atoms with E-state index in [2.05, 4.69) is 38.2 Å². The maximum absolute atomic E-state index is 5.44. The monoisotopic (exact) mass is 235 g/mol. The second-order valence-corrected chi connectivity index (χ2v) is 4.40. The van der Waals surface area contributed by atoms with Crippen molar-refractivity contribution in [1.29, 1.82) is 0 Å². The molecule has 0 aliphatic rings. The second-order valence-electron chi connectivity index (χ2n) is 4.40. The zero-order valence-corrected chi connectivity index (χ0v) is 11.5. The maximum atomic E-state index is 5.44. The van der Waals surface area contributed by atoms with Crippen LogP contribution in [-0.2, 0) is 0 Å². The van der Waals surface area contributed by atoms with E-state index in [1.165, 1.54) is 18.4 Å². The molecule has 1 unspecified atom stereocenters. The summed E-state index contributed by atoms with van der Waals surface area (Å²) in [7, 11) is 0. The van der Waals surface area contributed by atoms with Crippen molar-refractivity contribution in [3.05, 3.63) is 29.8 Å². The SMILES string of the molecule is CCOc1ccc(C(C)NC(CC)CC)cc1. The highest BCUT2D eigenvalue weighted by Gasteiger charge is 2.09. The molecule has 0 aliphatic heterocycles. The fourth-order valence-electron chi connectivity index (χ4n) is 1.99. The van der Waals surface area contributed by atoms with E-state index < -0.39 is 0 Å². The Balaban J connectivity index is 2.59. The van der Waals surface area contributed by atoms with Crippen molar-refractivity contribution in [2.75, 3.05) is 6.61 Å². The molecule has 1 N–H and O–H groups in total. The molecule has 17 heavy (non-hydrogen) atoms. The van der Waals surface area contributed by atoms with Gasteiger partial charge >= 0.3 is 0 Å². The summed E-state index contributed by atoms with van der Waals surface area (Å²) in [4.78, 5) is 0. The molecule has 1 aromatic carbocycles. The lowest BCUT2D eigenvalue weighted by atomic mass is 10.1. The molecule has 0 radical (unpaired) electrons. The van der Waals surface area contributed by atoms with Crippen LogP contribution < -0.4 is 10.1 Å². The van der Waals surface area contributed by atoms with Gasteiger partial charge in [-0.1, -0.05) is 26.0 Å². The summed E-state index contributed by atoms with van der Waals surface area (Å²) >= 11 is 0. The molecule has 2 nitrogen and oxygen atoms in total. The number of hydrogen-bond acceptors (Lipinski definition) is 2. The summed E-state index contributed by atoms with van der Waals surface area (Å²) in [6.45, 7) is 9.40. The molecular weight excluding hydrogens is 210 g/mol. The fraction of sp³-hybridized carbons (Fsp3) is 0.600. The lowest BCUT2D eigenvalue weighted by molar-refractivity contribution is 0.340. The zero-order chi connectivity index (χ0) is 12.7. The number of ether oxygens (including phenoxy) is 1. The van der Waals surface area contributed by atoms with Gasteiger partial charge in [-0.2, -0.15) is 0 Å². The number of hydrogen-bond donors (Lipinski definition) is 1. The topological polar surface area (TPSA) is 21.3 Å². The van der Waals surface area contributed by atoms with Crippen LogP contribution in [0.3, 0.4) is 0 Å². The highest BCUT2D eigenvalue weighted by molar-refractivity contribution is 5.28. The van der Waals surface area contributed by atoms with Gasteiger partial charge in [-0.15, -0.1) is 0 Å². The Morgan fingerprint density at radius 3 is 2.12 bits per heavy atom. The third-order valence-corrected chi connectivity index (χ3v) is 3.16. The van der Waals surface area contributed by atoms with Crippen LogP contribution in [0.15, 0.2) is 24.3 Å². The average Bonchev–Trinajstić information content (AvgIpc) is 2.37. The van der Waals surface area contributed by atoms with Crippen molar-refractivity contribution in [2.45, 2.75) is 52.6 Å². The Labute approximate surface area is 105 Å². The predicted octanol–water partition coefficient (Wildman–Crippen LogP) is 3.92. The Hall–Kier alpha value is -1.02. The molecule has 0 heterocycles. The number of nitrogens with one attached hydrogen (secondary N) is 1. The summed E-state index contributed by atoms with van der Waals surface area (Å²) in [5.41, 5.74) is 1.32. The smallest absolute Gasteiger partial charge is 0.119 e. The van der Waals surface area contributed by atoms with E-state index in [0.29, 0.717) is 12.1 Å². The van der Waals surface area contributed by atoms with Crippen LogP contribution in [0.5, 0.6) is 5.75 Å². The van der Waals surface area contributed by atoms with Crippen LogP contribution >= 0.6 is 0 Å². The van der Waals surface area contributed by atoms with E-state index >= 15 is 0 Å². The molecule has 1 atom stereocenters. The molecule has 0 saturated carbocycles. The standard InChI is InChI=1S/C15H25NO/c1-5-14(6-2)16-12(4)13-8-10-15(11-9-13)17-7-3/h8-12,14,16H,5-7H2,1-4H3. The van der Waals surface area contributed by atoms with E-state index in [-0.39, 0.29) is 0 Å². The van der Waals surface area contributed by atoms with Crippen molar-refractivity contribution in [3.63, 3.8) is 0 Å². The molecular formula is C15H25NO. The molecule has 0 aliphatic carbocycles. The Morgan fingerprint density at radius 1 is 1.06 bits per heavy atom. The van der Waals surface area contributed by atoms with Gasteiger partial charge in [0.05, 0.1) is 6.61 Å². The molecule has 0 spiro atoms. The summed E-state index contributed by atoms with van der Waals surface area (Å²) in [5, 5.41) is 3.64. The molecule has 0 aromatic heterocycles.